The summed E-state index contributed by atoms with van der Waals surface area (Å²) < 4.78 is 1.26. The SMILES string of the molecule is C#CCSc1nc2c(-c3ccc(Cl)cc3)c(-c3ncccc3C)nn2c(=O)[nH]1. The molecular weight excluding hydrogens is 394 g/mol. The third kappa shape index (κ3) is 3.28. The van der Waals surface area contributed by atoms with Gasteiger partial charge in [-0.15, -0.1) is 6.42 Å². The number of hydrogen-bond acceptors (Lipinski definition) is 5. The molecule has 0 aliphatic carbocycles. The molecule has 0 unspecified atom stereocenters. The second-order valence-electron chi connectivity index (χ2n) is 5.97. The van der Waals surface area contributed by atoms with E-state index in [2.05, 4.69) is 26.0 Å². The van der Waals surface area contributed by atoms with Crippen LogP contribution >= 0.6 is 23.4 Å². The molecule has 6 nitrogen and oxygen atoms in total. The molecule has 138 valence electrons. The number of halogens is 1. The number of thioether (sulfide) groups is 1. The number of aromatic amines is 1. The fourth-order valence-electron chi connectivity index (χ4n) is 2.88. The first-order valence-corrected chi connectivity index (χ1v) is 9.72. The van der Waals surface area contributed by atoms with Crippen molar-refractivity contribution in [1.82, 2.24) is 24.6 Å². The zero-order valence-electron chi connectivity index (χ0n) is 14.8. The van der Waals surface area contributed by atoms with Crippen LogP contribution in [0.1, 0.15) is 5.56 Å². The van der Waals surface area contributed by atoms with E-state index in [9.17, 15) is 4.79 Å². The van der Waals surface area contributed by atoms with E-state index in [-0.39, 0.29) is 5.69 Å². The molecule has 3 heterocycles. The third-order valence-electron chi connectivity index (χ3n) is 4.13. The summed E-state index contributed by atoms with van der Waals surface area (Å²) in [6.45, 7) is 1.95. The first-order chi connectivity index (χ1) is 13.6. The number of H-pyrrole nitrogens is 1. The van der Waals surface area contributed by atoms with Crippen molar-refractivity contribution in [3.8, 4) is 34.9 Å². The second-order valence-corrected chi connectivity index (χ2v) is 7.38. The van der Waals surface area contributed by atoms with Crippen molar-refractivity contribution in [3.05, 3.63) is 63.7 Å². The molecule has 4 aromatic rings. The Morgan fingerprint density at radius 3 is 2.75 bits per heavy atom. The van der Waals surface area contributed by atoms with E-state index < -0.39 is 0 Å². The minimum absolute atomic E-state index is 0.389. The molecule has 0 fully saturated rings. The molecule has 0 aliphatic rings. The van der Waals surface area contributed by atoms with Crippen LogP contribution < -0.4 is 5.69 Å². The van der Waals surface area contributed by atoms with Crippen molar-refractivity contribution < 1.29 is 0 Å². The molecule has 0 radical (unpaired) electrons. The van der Waals surface area contributed by atoms with Crippen LogP contribution in [-0.2, 0) is 0 Å². The average Bonchev–Trinajstić information content (AvgIpc) is 3.07. The normalized spacial score (nSPS) is 10.9. The van der Waals surface area contributed by atoms with E-state index in [1.165, 1.54) is 16.3 Å². The van der Waals surface area contributed by atoms with E-state index in [1.807, 2.05) is 31.2 Å². The average molecular weight is 408 g/mol. The number of nitrogens with zero attached hydrogens (tertiary/aromatic N) is 4. The predicted octanol–water partition coefficient (Wildman–Crippen LogP) is 3.83. The highest BCUT2D eigenvalue weighted by Crippen LogP contribution is 2.35. The van der Waals surface area contributed by atoms with Gasteiger partial charge in [-0.1, -0.05) is 47.5 Å². The van der Waals surface area contributed by atoms with Crippen LogP contribution in [0.25, 0.3) is 28.2 Å². The summed E-state index contributed by atoms with van der Waals surface area (Å²) >= 11 is 7.34. The first-order valence-electron chi connectivity index (χ1n) is 8.35. The number of benzene rings is 1. The van der Waals surface area contributed by atoms with Gasteiger partial charge in [-0.05, 0) is 36.2 Å². The number of hydrogen-bond donors (Lipinski definition) is 1. The number of terminal acetylenes is 1. The van der Waals surface area contributed by atoms with Crippen molar-refractivity contribution >= 4 is 29.0 Å². The Morgan fingerprint density at radius 2 is 2.04 bits per heavy atom. The molecule has 0 bridgehead atoms. The standard InChI is InChI=1S/C20H14ClN5OS/c1-3-11-28-19-23-18-15(13-6-8-14(21)9-7-13)17(25-26(18)20(27)24-19)16-12(2)5-4-10-22-16/h1,4-10H,11H2,2H3,(H,23,24,27). The van der Waals surface area contributed by atoms with E-state index in [0.29, 0.717) is 38.5 Å². The number of pyridine rings is 1. The molecule has 0 saturated carbocycles. The first kappa shape index (κ1) is 18.3. The molecule has 0 atom stereocenters. The molecule has 1 aromatic carbocycles. The van der Waals surface area contributed by atoms with Crippen LogP contribution in [0.3, 0.4) is 0 Å². The van der Waals surface area contributed by atoms with Crippen LogP contribution in [0.4, 0.5) is 0 Å². The van der Waals surface area contributed by atoms with Gasteiger partial charge in [0.25, 0.3) is 0 Å². The Balaban J connectivity index is 2.06. The Bertz CT molecular complexity index is 1270. The minimum atomic E-state index is -0.389. The van der Waals surface area contributed by atoms with E-state index in [0.717, 1.165) is 11.1 Å². The number of rotatable bonds is 4. The van der Waals surface area contributed by atoms with Gasteiger partial charge in [0.2, 0.25) is 0 Å². The molecule has 0 saturated heterocycles. The van der Waals surface area contributed by atoms with Gasteiger partial charge in [0, 0.05) is 11.2 Å². The highest BCUT2D eigenvalue weighted by atomic mass is 35.5. The van der Waals surface area contributed by atoms with Gasteiger partial charge in [0.05, 0.1) is 17.0 Å². The van der Waals surface area contributed by atoms with Crippen molar-refractivity contribution in [1.29, 1.82) is 0 Å². The summed E-state index contributed by atoms with van der Waals surface area (Å²) in [5, 5.41) is 5.59. The molecule has 1 N–H and O–H groups in total. The van der Waals surface area contributed by atoms with Gasteiger partial charge in [-0.25, -0.2) is 9.78 Å². The lowest BCUT2D eigenvalue weighted by atomic mass is 10.0. The fourth-order valence-corrected chi connectivity index (χ4v) is 3.54. The van der Waals surface area contributed by atoms with Crippen LogP contribution in [0.15, 0.2) is 52.5 Å². The van der Waals surface area contributed by atoms with Gasteiger partial charge >= 0.3 is 5.69 Å². The summed E-state index contributed by atoms with van der Waals surface area (Å²) in [5.74, 6) is 2.93. The highest BCUT2D eigenvalue weighted by Gasteiger charge is 2.22. The quantitative estimate of drug-likeness (QED) is 0.411. The van der Waals surface area contributed by atoms with Gasteiger partial charge in [0.1, 0.15) is 5.69 Å². The topological polar surface area (TPSA) is 75.9 Å². The lowest BCUT2D eigenvalue weighted by molar-refractivity contribution is 0.788. The van der Waals surface area contributed by atoms with Crippen molar-refractivity contribution in [3.63, 3.8) is 0 Å². The highest BCUT2D eigenvalue weighted by molar-refractivity contribution is 7.99. The molecule has 3 aromatic heterocycles. The van der Waals surface area contributed by atoms with Crippen molar-refractivity contribution in [2.75, 3.05) is 5.75 Å². The Kier molecular flexibility index (Phi) is 4.90. The predicted molar refractivity (Wildman–Crippen MR) is 112 cm³/mol. The van der Waals surface area contributed by atoms with Gasteiger partial charge in [-0.2, -0.15) is 9.61 Å². The fraction of sp³-hybridized carbons (Fsp3) is 0.100. The van der Waals surface area contributed by atoms with Crippen LogP contribution in [0.2, 0.25) is 5.02 Å². The van der Waals surface area contributed by atoms with Crippen molar-refractivity contribution in [2.24, 2.45) is 0 Å². The van der Waals surface area contributed by atoms with E-state index in [1.54, 1.807) is 18.3 Å². The number of aromatic nitrogens is 5. The van der Waals surface area contributed by atoms with Gasteiger partial charge in [0.15, 0.2) is 10.8 Å². The number of aryl methyl sites for hydroxylation is 1. The monoisotopic (exact) mass is 407 g/mol. The maximum absolute atomic E-state index is 12.6. The Hall–Kier alpha value is -3.08. The zero-order valence-corrected chi connectivity index (χ0v) is 16.4. The number of fused-ring (bicyclic) bond motifs is 1. The zero-order chi connectivity index (χ0) is 19.7. The molecular formula is C20H14ClN5OS. The van der Waals surface area contributed by atoms with Crippen molar-refractivity contribution in [2.45, 2.75) is 12.1 Å². The van der Waals surface area contributed by atoms with Crippen LogP contribution in [-0.4, -0.2) is 30.3 Å². The molecule has 28 heavy (non-hydrogen) atoms. The third-order valence-corrected chi connectivity index (χ3v) is 5.16. The molecule has 4 rings (SSSR count). The lowest BCUT2D eigenvalue weighted by Crippen LogP contribution is -2.19. The molecule has 0 amide bonds. The Labute approximate surface area is 170 Å². The summed E-state index contributed by atoms with van der Waals surface area (Å²) in [6.07, 6.45) is 7.03. The summed E-state index contributed by atoms with van der Waals surface area (Å²) in [6, 6.07) is 11.1. The van der Waals surface area contributed by atoms with Crippen LogP contribution in [0.5, 0.6) is 0 Å². The summed E-state index contributed by atoms with van der Waals surface area (Å²) in [5.41, 5.74) is 3.81. The lowest BCUT2D eigenvalue weighted by Gasteiger charge is -2.05. The largest absolute Gasteiger partial charge is 0.350 e. The Morgan fingerprint density at radius 1 is 1.25 bits per heavy atom. The van der Waals surface area contributed by atoms with Gasteiger partial charge in [-0.3, -0.25) is 9.97 Å². The van der Waals surface area contributed by atoms with E-state index >= 15 is 0 Å². The summed E-state index contributed by atoms with van der Waals surface area (Å²) in [7, 11) is 0. The maximum Gasteiger partial charge on any atom is 0.350 e. The molecule has 0 aliphatic heterocycles. The number of nitrogens with one attached hydrogen (secondary N) is 1. The minimum Gasteiger partial charge on any atom is -0.285 e. The van der Waals surface area contributed by atoms with E-state index in [4.69, 9.17) is 18.0 Å². The summed E-state index contributed by atoms with van der Waals surface area (Å²) in [4.78, 5) is 24.4. The van der Waals surface area contributed by atoms with Crippen LogP contribution in [0, 0.1) is 19.3 Å². The second kappa shape index (κ2) is 7.50. The molecule has 0 spiro atoms. The smallest absolute Gasteiger partial charge is 0.285 e. The van der Waals surface area contributed by atoms with Gasteiger partial charge < -0.3 is 0 Å². The molecule has 8 heteroatoms. The maximum atomic E-state index is 12.6.